The van der Waals surface area contributed by atoms with Crippen LogP contribution in [-0.4, -0.2) is 71.3 Å². The van der Waals surface area contributed by atoms with Crippen LogP contribution in [0.4, 0.5) is 0 Å². The molecule has 1 aliphatic rings. The molecular formula is C19H26N4O3. The van der Waals surface area contributed by atoms with Gasteiger partial charge >= 0.3 is 0 Å². The Morgan fingerprint density at radius 2 is 2.00 bits per heavy atom. The molecule has 140 valence electrons. The Morgan fingerprint density at radius 1 is 1.27 bits per heavy atom. The van der Waals surface area contributed by atoms with Gasteiger partial charge in [0.05, 0.1) is 12.2 Å². The van der Waals surface area contributed by atoms with Gasteiger partial charge in [0.25, 0.3) is 5.91 Å². The highest BCUT2D eigenvalue weighted by atomic mass is 16.5. The van der Waals surface area contributed by atoms with E-state index in [4.69, 9.17) is 9.15 Å². The fraction of sp³-hybridized carbons (Fsp3) is 0.526. The number of aromatic nitrogens is 2. The molecule has 0 unspecified atom stereocenters. The molecule has 0 radical (unpaired) electrons. The number of carbonyl (C=O) groups excluding carboxylic acids is 1. The summed E-state index contributed by atoms with van der Waals surface area (Å²) in [7, 11) is 1.84. The third-order valence-electron chi connectivity index (χ3n) is 4.51. The Bertz CT molecular complexity index is 754. The van der Waals surface area contributed by atoms with E-state index in [9.17, 15) is 4.79 Å². The normalized spacial score (nSPS) is 17.2. The van der Waals surface area contributed by atoms with Gasteiger partial charge in [-0.3, -0.25) is 9.69 Å². The zero-order chi connectivity index (χ0) is 18.7. The van der Waals surface area contributed by atoms with Crippen molar-refractivity contribution in [3.05, 3.63) is 35.7 Å². The van der Waals surface area contributed by atoms with Gasteiger partial charge in [-0.1, -0.05) is 0 Å². The molecule has 2 heterocycles. The summed E-state index contributed by atoms with van der Waals surface area (Å²) in [5.74, 6) is 0.988. The van der Waals surface area contributed by atoms with E-state index in [1.807, 2.05) is 19.2 Å². The SMILES string of the molecule is Cc1nnc(-c2ccc(C(=O)N(C)CCN3CCOC(C)(C)C3)cc2)o1. The van der Waals surface area contributed by atoms with Crippen molar-refractivity contribution < 1.29 is 13.9 Å². The first-order chi connectivity index (χ1) is 12.3. The first-order valence-corrected chi connectivity index (χ1v) is 8.86. The molecule has 1 amide bonds. The van der Waals surface area contributed by atoms with Crippen molar-refractivity contribution in [3.63, 3.8) is 0 Å². The largest absolute Gasteiger partial charge is 0.421 e. The summed E-state index contributed by atoms with van der Waals surface area (Å²) in [6.07, 6.45) is 0. The van der Waals surface area contributed by atoms with E-state index in [0.29, 0.717) is 23.9 Å². The van der Waals surface area contributed by atoms with E-state index in [-0.39, 0.29) is 11.5 Å². The molecule has 0 spiro atoms. The average molecular weight is 358 g/mol. The minimum Gasteiger partial charge on any atom is -0.421 e. The van der Waals surface area contributed by atoms with Crippen molar-refractivity contribution in [1.29, 1.82) is 0 Å². The molecule has 3 rings (SSSR count). The summed E-state index contributed by atoms with van der Waals surface area (Å²) in [6.45, 7) is 9.99. The van der Waals surface area contributed by atoms with Gasteiger partial charge in [-0.25, -0.2) is 0 Å². The number of hydrogen-bond donors (Lipinski definition) is 0. The lowest BCUT2D eigenvalue weighted by Crippen LogP contribution is -2.50. The number of ether oxygens (including phenoxy) is 1. The number of amides is 1. The van der Waals surface area contributed by atoms with E-state index in [1.165, 1.54) is 0 Å². The molecule has 2 aromatic rings. The highest BCUT2D eigenvalue weighted by Crippen LogP contribution is 2.19. The van der Waals surface area contributed by atoms with Crippen molar-refractivity contribution in [2.45, 2.75) is 26.4 Å². The molecule has 0 saturated carbocycles. The number of benzene rings is 1. The summed E-state index contributed by atoms with van der Waals surface area (Å²) in [6, 6.07) is 7.26. The van der Waals surface area contributed by atoms with Crippen LogP contribution in [0, 0.1) is 6.92 Å². The fourth-order valence-corrected chi connectivity index (χ4v) is 3.09. The maximum atomic E-state index is 12.6. The molecule has 0 bridgehead atoms. The molecule has 0 atom stereocenters. The number of rotatable bonds is 5. The van der Waals surface area contributed by atoms with Gasteiger partial charge < -0.3 is 14.1 Å². The summed E-state index contributed by atoms with van der Waals surface area (Å²) >= 11 is 0. The van der Waals surface area contributed by atoms with Crippen LogP contribution >= 0.6 is 0 Å². The number of hydrogen-bond acceptors (Lipinski definition) is 6. The van der Waals surface area contributed by atoms with Crippen molar-refractivity contribution in [2.75, 3.05) is 39.8 Å². The van der Waals surface area contributed by atoms with Crippen LogP contribution in [-0.2, 0) is 4.74 Å². The Kier molecular flexibility index (Phi) is 5.38. The predicted octanol–water partition coefficient (Wildman–Crippen LogP) is 2.23. The third-order valence-corrected chi connectivity index (χ3v) is 4.51. The van der Waals surface area contributed by atoms with Crippen LogP contribution < -0.4 is 0 Å². The van der Waals surface area contributed by atoms with Gasteiger partial charge in [0.15, 0.2) is 0 Å². The maximum Gasteiger partial charge on any atom is 0.253 e. The van der Waals surface area contributed by atoms with Crippen molar-refractivity contribution in [1.82, 2.24) is 20.0 Å². The number of likely N-dealkylation sites (N-methyl/N-ethyl adjacent to an activating group) is 1. The summed E-state index contributed by atoms with van der Waals surface area (Å²) in [5.41, 5.74) is 1.33. The van der Waals surface area contributed by atoms with Gasteiger partial charge in [-0.2, -0.15) is 0 Å². The van der Waals surface area contributed by atoms with E-state index in [0.717, 1.165) is 31.8 Å². The quantitative estimate of drug-likeness (QED) is 0.816. The number of morpholine rings is 1. The molecule has 7 heteroatoms. The molecule has 1 aromatic carbocycles. The van der Waals surface area contributed by atoms with E-state index in [2.05, 4.69) is 28.9 Å². The molecule has 1 aromatic heterocycles. The number of carbonyl (C=O) groups is 1. The van der Waals surface area contributed by atoms with Gasteiger partial charge in [0.1, 0.15) is 0 Å². The predicted molar refractivity (Wildman–Crippen MR) is 97.9 cm³/mol. The Morgan fingerprint density at radius 3 is 2.62 bits per heavy atom. The zero-order valence-corrected chi connectivity index (χ0v) is 15.9. The van der Waals surface area contributed by atoms with Crippen molar-refractivity contribution in [2.24, 2.45) is 0 Å². The lowest BCUT2D eigenvalue weighted by Gasteiger charge is -2.38. The standard InChI is InChI=1S/C19H26N4O3/c1-14-20-21-17(26-14)15-5-7-16(8-6-15)18(24)22(4)9-10-23-11-12-25-19(2,3)13-23/h5-8H,9-13H2,1-4H3. The number of nitrogens with zero attached hydrogens (tertiary/aromatic N) is 4. The minimum absolute atomic E-state index is 0.00535. The Balaban J connectivity index is 1.56. The van der Waals surface area contributed by atoms with E-state index in [1.54, 1.807) is 24.0 Å². The summed E-state index contributed by atoms with van der Waals surface area (Å²) in [4.78, 5) is 16.7. The second-order valence-corrected chi connectivity index (χ2v) is 7.31. The van der Waals surface area contributed by atoms with Crippen molar-refractivity contribution >= 4 is 5.91 Å². The minimum atomic E-state index is -0.121. The smallest absolute Gasteiger partial charge is 0.253 e. The van der Waals surface area contributed by atoms with Crippen LogP contribution in [0.3, 0.4) is 0 Å². The molecule has 1 aliphatic heterocycles. The monoisotopic (exact) mass is 358 g/mol. The molecular weight excluding hydrogens is 332 g/mol. The fourth-order valence-electron chi connectivity index (χ4n) is 3.09. The Labute approximate surface area is 153 Å². The second kappa shape index (κ2) is 7.55. The van der Waals surface area contributed by atoms with E-state index >= 15 is 0 Å². The average Bonchev–Trinajstić information content (AvgIpc) is 3.05. The van der Waals surface area contributed by atoms with Crippen molar-refractivity contribution in [3.8, 4) is 11.5 Å². The lowest BCUT2D eigenvalue weighted by molar-refractivity contribution is -0.0864. The molecule has 0 N–H and O–H groups in total. The maximum absolute atomic E-state index is 12.6. The first-order valence-electron chi connectivity index (χ1n) is 8.86. The topological polar surface area (TPSA) is 71.7 Å². The third kappa shape index (κ3) is 4.47. The van der Waals surface area contributed by atoms with Gasteiger partial charge in [0.2, 0.25) is 11.8 Å². The van der Waals surface area contributed by atoms with Crippen LogP contribution in [0.25, 0.3) is 11.5 Å². The highest BCUT2D eigenvalue weighted by molar-refractivity contribution is 5.94. The van der Waals surface area contributed by atoms with Crippen LogP contribution in [0.15, 0.2) is 28.7 Å². The van der Waals surface area contributed by atoms with Crippen LogP contribution in [0.1, 0.15) is 30.1 Å². The van der Waals surface area contributed by atoms with Crippen LogP contribution in [0.2, 0.25) is 0 Å². The lowest BCUT2D eigenvalue weighted by atomic mass is 10.1. The molecule has 1 saturated heterocycles. The van der Waals surface area contributed by atoms with Gasteiger partial charge in [-0.05, 0) is 38.1 Å². The van der Waals surface area contributed by atoms with Gasteiger partial charge in [0, 0.05) is 51.3 Å². The first kappa shape index (κ1) is 18.5. The Hall–Kier alpha value is -2.25. The molecule has 1 fully saturated rings. The molecule has 7 nitrogen and oxygen atoms in total. The van der Waals surface area contributed by atoms with Gasteiger partial charge in [-0.15, -0.1) is 10.2 Å². The highest BCUT2D eigenvalue weighted by Gasteiger charge is 2.27. The zero-order valence-electron chi connectivity index (χ0n) is 15.9. The van der Waals surface area contributed by atoms with E-state index < -0.39 is 0 Å². The summed E-state index contributed by atoms with van der Waals surface area (Å²) < 4.78 is 11.1. The second-order valence-electron chi connectivity index (χ2n) is 7.31. The van der Waals surface area contributed by atoms with Crippen LogP contribution in [0.5, 0.6) is 0 Å². The molecule has 0 aliphatic carbocycles. The molecule has 26 heavy (non-hydrogen) atoms. The summed E-state index contributed by atoms with van der Waals surface area (Å²) in [5, 5.41) is 7.81. The number of aryl methyl sites for hydroxylation is 1.